The van der Waals surface area contributed by atoms with Crippen molar-refractivity contribution in [1.82, 2.24) is 0 Å². The molecule has 8 aromatic carbocycles. The summed E-state index contributed by atoms with van der Waals surface area (Å²) in [5.74, 6) is 0. The van der Waals surface area contributed by atoms with Crippen molar-refractivity contribution < 1.29 is 0 Å². The molecule has 1 saturated carbocycles. The number of thiophene rings is 1. The van der Waals surface area contributed by atoms with Gasteiger partial charge in [-0.3, -0.25) is 0 Å². The molecule has 9 aromatic rings. The van der Waals surface area contributed by atoms with Gasteiger partial charge in [0.25, 0.3) is 0 Å². The second-order valence-electron chi connectivity index (χ2n) is 17.5. The first-order chi connectivity index (χ1) is 29.9. The van der Waals surface area contributed by atoms with Gasteiger partial charge in [0.2, 0.25) is 0 Å². The molecule has 0 bridgehead atoms. The summed E-state index contributed by atoms with van der Waals surface area (Å²) in [6, 6.07) is 70.2. The van der Waals surface area contributed by atoms with Crippen LogP contribution in [0.25, 0.3) is 31.3 Å². The summed E-state index contributed by atoms with van der Waals surface area (Å²) in [6.07, 6.45) is 6.08. The minimum absolute atomic E-state index is 0.0321. The predicted octanol–water partition coefficient (Wildman–Crippen LogP) is 14.8. The third-order valence-corrected chi connectivity index (χ3v) is 20.1. The predicted molar refractivity (Wildman–Crippen MR) is 268 cm³/mol. The van der Waals surface area contributed by atoms with E-state index in [1.165, 1.54) is 106 Å². The van der Waals surface area contributed by atoms with E-state index in [1.807, 2.05) is 11.3 Å². The smallest absolute Gasteiger partial charge is 0.0502 e. The van der Waals surface area contributed by atoms with E-state index >= 15 is 0 Å². The standard InChI is InChI=1S/C57H48NPS2/c1-56(2)49-23-11-13-25-51(49)58(52-26-14-12-24-50(52)56)44-34-32-43(33-35-44)57(36-16-5-17-37-57)42-30-28-40(29-31-42)41-38-48-47-22-10-15-27-54(47)61-55(48)53(39-41)59(60,45-18-6-3-7-19-45)46-20-8-4-9-21-46/h3-4,6-15,18-35,38-39H,5,16-17,36-37H2,1-2H3. The van der Waals surface area contributed by atoms with E-state index in [4.69, 9.17) is 11.8 Å². The molecule has 0 saturated heterocycles. The summed E-state index contributed by atoms with van der Waals surface area (Å²) in [7, 11) is 0. The highest BCUT2D eigenvalue weighted by Crippen LogP contribution is 2.53. The van der Waals surface area contributed by atoms with Gasteiger partial charge in [-0.2, -0.15) is 0 Å². The average molecular weight is 842 g/mol. The highest BCUT2D eigenvalue weighted by Gasteiger charge is 2.38. The van der Waals surface area contributed by atoms with Crippen LogP contribution in [0.5, 0.6) is 0 Å². The maximum Gasteiger partial charge on any atom is 0.0502 e. The molecule has 1 nitrogen and oxygen atoms in total. The monoisotopic (exact) mass is 841 g/mol. The molecule has 11 rings (SSSR count). The van der Waals surface area contributed by atoms with Crippen molar-refractivity contribution in [2.45, 2.75) is 56.8 Å². The second kappa shape index (κ2) is 15.1. The van der Waals surface area contributed by atoms with Gasteiger partial charge in [0.05, 0.1) is 11.4 Å². The van der Waals surface area contributed by atoms with Gasteiger partial charge < -0.3 is 4.90 Å². The molecule has 1 aromatic heterocycles. The molecule has 2 aliphatic rings. The number of rotatable bonds is 7. The molecule has 1 aliphatic heterocycles. The van der Waals surface area contributed by atoms with Gasteiger partial charge in [0.15, 0.2) is 0 Å². The molecule has 61 heavy (non-hydrogen) atoms. The number of benzene rings is 8. The van der Waals surface area contributed by atoms with Crippen molar-refractivity contribution in [1.29, 1.82) is 0 Å². The molecule has 0 radical (unpaired) electrons. The van der Waals surface area contributed by atoms with Gasteiger partial charge in [0.1, 0.15) is 0 Å². The zero-order chi connectivity index (χ0) is 41.2. The number of hydrogen-bond donors (Lipinski definition) is 0. The van der Waals surface area contributed by atoms with Crippen LogP contribution >= 0.6 is 17.4 Å². The van der Waals surface area contributed by atoms with Crippen molar-refractivity contribution in [3.8, 4) is 11.1 Å². The number of hydrogen-bond acceptors (Lipinski definition) is 3. The van der Waals surface area contributed by atoms with Gasteiger partial charge in [-0.05, 0) is 99.3 Å². The Bertz CT molecular complexity index is 3010. The lowest BCUT2D eigenvalue weighted by Crippen LogP contribution is -2.31. The Labute approximate surface area is 369 Å². The molecule has 0 amide bonds. The van der Waals surface area contributed by atoms with Crippen LogP contribution in [0.3, 0.4) is 0 Å². The fraction of sp³-hybridized carbons (Fsp3) is 0.158. The third-order valence-electron chi connectivity index (χ3n) is 13.8. The molecule has 0 atom stereocenters. The Morgan fingerprint density at radius 2 is 1.03 bits per heavy atom. The van der Waals surface area contributed by atoms with E-state index in [9.17, 15) is 0 Å². The quantitative estimate of drug-likeness (QED) is 0.147. The third kappa shape index (κ3) is 6.19. The molecule has 4 heteroatoms. The summed E-state index contributed by atoms with van der Waals surface area (Å²) in [5.41, 5.74) is 11.6. The molecule has 0 spiro atoms. The topological polar surface area (TPSA) is 3.24 Å². The lowest BCUT2D eigenvalue weighted by atomic mass is 9.65. The van der Waals surface area contributed by atoms with E-state index in [-0.39, 0.29) is 10.8 Å². The molecule has 1 fully saturated rings. The van der Waals surface area contributed by atoms with Crippen LogP contribution in [0.2, 0.25) is 0 Å². The van der Waals surface area contributed by atoms with Gasteiger partial charge in [-0.15, -0.1) is 11.3 Å². The van der Waals surface area contributed by atoms with Crippen LogP contribution < -0.4 is 20.8 Å². The SMILES string of the molecule is CC1(C)c2ccccc2N(c2ccc(C3(c4ccc(-c5cc(P(=S)(c6ccccc6)c6ccccc6)c6sc7ccccc7c6c5)cc4)CCCCC3)cc2)c2ccccc21. The molecular weight excluding hydrogens is 794 g/mol. The van der Waals surface area contributed by atoms with Gasteiger partial charge in [-0.1, -0.05) is 197 Å². The van der Waals surface area contributed by atoms with Crippen LogP contribution in [0.1, 0.15) is 68.2 Å². The lowest BCUT2D eigenvalue weighted by Gasteiger charge is -2.42. The Balaban J connectivity index is 1.01. The highest BCUT2D eigenvalue weighted by atomic mass is 32.4. The van der Waals surface area contributed by atoms with E-state index in [0.29, 0.717) is 0 Å². The Morgan fingerprint density at radius 3 is 1.64 bits per heavy atom. The first kappa shape index (κ1) is 38.4. The van der Waals surface area contributed by atoms with Crippen LogP contribution in [0, 0.1) is 0 Å². The van der Waals surface area contributed by atoms with Crippen LogP contribution in [0.15, 0.2) is 194 Å². The second-order valence-corrected chi connectivity index (χ2v) is 22.9. The Hall–Kier alpha value is -5.57. The maximum atomic E-state index is 7.03. The van der Waals surface area contributed by atoms with Gasteiger partial charge >= 0.3 is 0 Å². The molecule has 0 N–H and O–H groups in total. The van der Waals surface area contributed by atoms with E-state index < -0.39 is 6.04 Å². The summed E-state index contributed by atoms with van der Waals surface area (Å²) >= 11 is 8.92. The van der Waals surface area contributed by atoms with Crippen LogP contribution in [-0.4, -0.2) is 0 Å². The zero-order valence-corrected chi connectivity index (χ0v) is 37.2. The van der Waals surface area contributed by atoms with Crippen molar-refractivity contribution in [2.75, 3.05) is 4.90 Å². The summed E-state index contributed by atoms with van der Waals surface area (Å²) in [5, 5.41) is 6.33. The summed E-state index contributed by atoms with van der Waals surface area (Å²) in [6.45, 7) is 4.71. The number of para-hydroxylation sites is 2. The fourth-order valence-electron chi connectivity index (χ4n) is 10.7. The van der Waals surface area contributed by atoms with Crippen molar-refractivity contribution >= 4 is 82.3 Å². The highest BCUT2D eigenvalue weighted by molar-refractivity contribution is 8.25. The van der Waals surface area contributed by atoms with Crippen molar-refractivity contribution in [3.63, 3.8) is 0 Å². The van der Waals surface area contributed by atoms with Crippen molar-refractivity contribution in [2.24, 2.45) is 0 Å². The lowest BCUT2D eigenvalue weighted by molar-refractivity contribution is 0.346. The fourth-order valence-corrected chi connectivity index (χ4v) is 16.4. The van der Waals surface area contributed by atoms with Crippen molar-refractivity contribution in [3.05, 3.63) is 216 Å². The van der Waals surface area contributed by atoms with E-state index in [0.717, 1.165) is 12.8 Å². The van der Waals surface area contributed by atoms with Crippen LogP contribution in [-0.2, 0) is 22.6 Å². The molecule has 298 valence electrons. The summed E-state index contributed by atoms with van der Waals surface area (Å²) in [4.78, 5) is 2.47. The Morgan fingerprint density at radius 1 is 0.508 bits per heavy atom. The minimum atomic E-state index is -2.42. The van der Waals surface area contributed by atoms with Crippen LogP contribution in [0.4, 0.5) is 17.1 Å². The normalized spacial score (nSPS) is 15.7. The maximum absolute atomic E-state index is 7.03. The van der Waals surface area contributed by atoms with E-state index in [2.05, 4.69) is 213 Å². The first-order valence-corrected chi connectivity index (χ1v) is 25.4. The molecular formula is C57H48NPS2. The van der Waals surface area contributed by atoms with E-state index in [1.54, 1.807) is 0 Å². The van der Waals surface area contributed by atoms with Gasteiger partial charge in [0, 0.05) is 48.0 Å². The van der Waals surface area contributed by atoms with Gasteiger partial charge in [-0.25, -0.2) is 0 Å². The minimum Gasteiger partial charge on any atom is -0.310 e. The number of nitrogens with zero attached hydrogens (tertiary/aromatic N) is 1. The molecule has 0 unspecified atom stereocenters. The largest absolute Gasteiger partial charge is 0.310 e. The average Bonchev–Trinajstić information content (AvgIpc) is 3.71. The first-order valence-electron chi connectivity index (χ1n) is 21.7. The zero-order valence-electron chi connectivity index (χ0n) is 34.7. The molecule has 2 heterocycles. The molecule has 1 aliphatic carbocycles. The summed E-state index contributed by atoms with van der Waals surface area (Å²) < 4.78 is 2.61. The number of fused-ring (bicyclic) bond motifs is 5. The number of anilines is 3. The Kier molecular flexibility index (Phi) is 9.50.